The smallest absolute Gasteiger partial charge is 0.220 e. The Hall–Kier alpha value is -2.51. The maximum atomic E-state index is 13.5. The summed E-state index contributed by atoms with van der Waals surface area (Å²) in [7, 11) is 0. The Morgan fingerprint density at radius 2 is 0.609 bits per heavy atom. The van der Waals surface area contributed by atoms with Crippen molar-refractivity contribution in [2.45, 2.75) is 484 Å². The van der Waals surface area contributed by atoms with Crippen LogP contribution in [0.25, 0.3) is 0 Å². The van der Waals surface area contributed by atoms with E-state index in [9.17, 15) is 61.0 Å². The third-order valence-electron chi connectivity index (χ3n) is 22.5. The molecule has 0 saturated carbocycles. The minimum absolute atomic E-state index is 0.237. The van der Waals surface area contributed by atoms with Crippen LogP contribution in [0.4, 0.5) is 0 Å². The van der Waals surface area contributed by atoms with E-state index in [2.05, 4.69) is 67.8 Å². The van der Waals surface area contributed by atoms with Crippen molar-refractivity contribution in [3.63, 3.8) is 0 Å². The Bertz CT molecular complexity index is 2220. The molecule has 0 aromatic rings. The van der Waals surface area contributed by atoms with Gasteiger partial charge < -0.3 is 89.9 Å². The maximum Gasteiger partial charge on any atom is 0.220 e. The maximum absolute atomic E-state index is 13.5. The van der Waals surface area contributed by atoms with Crippen LogP contribution in [-0.2, 0) is 33.2 Å². The molecule has 12 N–H and O–H groups in total. The topological polar surface area (TPSA) is 307 Å². The zero-order valence-corrected chi connectivity index (χ0v) is 69.5. The van der Waals surface area contributed by atoms with Crippen LogP contribution in [0.2, 0.25) is 0 Å². The molecule has 0 radical (unpaired) electrons. The van der Waals surface area contributed by atoms with Crippen LogP contribution >= 0.6 is 0 Å². The fourth-order valence-corrected chi connectivity index (χ4v) is 15.3. The molecule has 0 aromatic carbocycles. The number of unbranched alkanes of at least 4 members (excludes halogenated alkanes) is 50. The lowest BCUT2D eigenvalue weighted by atomic mass is 9.96. The second-order valence-corrected chi connectivity index (χ2v) is 32.4. The standard InChI is InChI=1S/C91H167NO18/c1-3-5-7-9-11-13-15-17-19-21-23-25-27-29-31-33-35-36-37-38-39-41-43-45-47-49-51-53-55-57-59-61-63-65-67-69-79(97)92-74(75(96)68-66-64-62-60-58-56-54-52-50-48-46-44-42-40-34-32-30-28-26-24-22-20-18-16-14-12-10-8-6-4-2)73-105-89-85(103)82(100)87(77(71-94)107-89)110-91-86(104)83(101)88(78(72-95)108-91)109-90-84(102)81(99)80(98)76(70-93)106-90/h15,17,21,23,27,29,58,60,66,68,74-78,80-91,93-96,98-104H,3-14,16,18-20,22,24-26,28,30-57,59,61-65,67,69-73H2,1-2H3,(H,92,97)/b17-15-,23-21-,29-27-,60-58+,68-66+. The van der Waals surface area contributed by atoms with Crippen molar-refractivity contribution < 1.29 is 89.4 Å². The van der Waals surface area contributed by atoms with E-state index in [1.165, 1.54) is 295 Å². The van der Waals surface area contributed by atoms with E-state index in [1.54, 1.807) is 6.08 Å². The Kier molecular flexibility index (Phi) is 65.3. The molecular formula is C91H167NO18. The molecule has 644 valence electrons. The van der Waals surface area contributed by atoms with Gasteiger partial charge in [-0.05, 0) is 70.6 Å². The molecule has 3 fully saturated rings. The van der Waals surface area contributed by atoms with Gasteiger partial charge in [-0.2, -0.15) is 0 Å². The number of hydrogen-bond donors (Lipinski definition) is 12. The lowest BCUT2D eigenvalue weighted by Gasteiger charge is -2.48. The molecule has 0 spiro atoms. The second kappa shape index (κ2) is 70.7. The van der Waals surface area contributed by atoms with Gasteiger partial charge in [-0.25, -0.2) is 0 Å². The molecular weight excluding hydrogens is 1390 g/mol. The van der Waals surface area contributed by atoms with Crippen molar-refractivity contribution in [2.75, 3.05) is 26.4 Å². The van der Waals surface area contributed by atoms with Gasteiger partial charge in [-0.3, -0.25) is 4.79 Å². The average Bonchev–Trinajstić information content (AvgIpc) is 0.795. The predicted octanol–water partition coefficient (Wildman–Crippen LogP) is 17.4. The first-order chi connectivity index (χ1) is 53.8. The van der Waals surface area contributed by atoms with Crippen LogP contribution in [0.3, 0.4) is 0 Å². The van der Waals surface area contributed by atoms with E-state index in [4.69, 9.17) is 28.4 Å². The molecule has 110 heavy (non-hydrogen) atoms. The zero-order chi connectivity index (χ0) is 79.5. The van der Waals surface area contributed by atoms with Gasteiger partial charge in [-0.1, -0.05) is 364 Å². The van der Waals surface area contributed by atoms with Crippen molar-refractivity contribution in [3.05, 3.63) is 60.8 Å². The van der Waals surface area contributed by atoms with Crippen molar-refractivity contribution in [3.8, 4) is 0 Å². The molecule has 3 aliphatic heterocycles. The molecule has 3 aliphatic rings. The van der Waals surface area contributed by atoms with Crippen molar-refractivity contribution in [2.24, 2.45) is 0 Å². The summed E-state index contributed by atoms with van der Waals surface area (Å²) in [6.45, 7) is 1.76. The van der Waals surface area contributed by atoms with E-state index in [0.29, 0.717) is 12.8 Å². The molecule has 0 aliphatic carbocycles. The monoisotopic (exact) mass is 1560 g/mol. The van der Waals surface area contributed by atoms with Crippen LogP contribution in [0.15, 0.2) is 60.8 Å². The minimum Gasteiger partial charge on any atom is -0.394 e. The summed E-state index contributed by atoms with van der Waals surface area (Å²) in [4.78, 5) is 13.5. The first-order valence-electron chi connectivity index (χ1n) is 45.5. The molecule has 1 amide bonds. The van der Waals surface area contributed by atoms with Crippen molar-refractivity contribution in [1.29, 1.82) is 0 Å². The van der Waals surface area contributed by atoms with E-state index in [1.807, 2.05) is 6.08 Å². The second-order valence-electron chi connectivity index (χ2n) is 32.4. The van der Waals surface area contributed by atoms with Gasteiger partial charge in [-0.15, -0.1) is 0 Å². The first kappa shape index (κ1) is 102. The summed E-state index contributed by atoms with van der Waals surface area (Å²) in [5, 5.41) is 121. The molecule has 19 nitrogen and oxygen atoms in total. The number of aliphatic hydroxyl groups is 11. The molecule has 3 saturated heterocycles. The third kappa shape index (κ3) is 48.9. The third-order valence-corrected chi connectivity index (χ3v) is 22.5. The number of rotatable bonds is 74. The molecule has 3 rings (SSSR count). The number of allylic oxidation sites excluding steroid dienone is 9. The van der Waals surface area contributed by atoms with Crippen LogP contribution in [0.5, 0.6) is 0 Å². The molecule has 0 bridgehead atoms. The lowest BCUT2D eigenvalue weighted by molar-refractivity contribution is -0.379. The molecule has 19 heteroatoms. The number of amides is 1. The number of nitrogens with one attached hydrogen (secondary N) is 1. The fraction of sp³-hybridized carbons (Fsp3) is 0.879. The number of aliphatic hydroxyl groups excluding tert-OH is 11. The molecule has 17 unspecified atom stereocenters. The van der Waals surface area contributed by atoms with Crippen molar-refractivity contribution in [1.82, 2.24) is 5.32 Å². The quantitative estimate of drug-likeness (QED) is 0.0199. The Morgan fingerprint density at radius 1 is 0.327 bits per heavy atom. The Balaban J connectivity index is 1.33. The molecule has 3 heterocycles. The highest BCUT2D eigenvalue weighted by atomic mass is 16.8. The average molecular weight is 1560 g/mol. The fourth-order valence-electron chi connectivity index (χ4n) is 15.3. The highest BCUT2D eigenvalue weighted by molar-refractivity contribution is 5.76. The van der Waals surface area contributed by atoms with E-state index in [0.717, 1.165) is 51.4 Å². The Morgan fingerprint density at radius 3 is 0.973 bits per heavy atom. The van der Waals surface area contributed by atoms with Gasteiger partial charge in [0.25, 0.3) is 0 Å². The minimum atomic E-state index is -1.98. The normalized spacial score (nSPS) is 25.4. The van der Waals surface area contributed by atoms with E-state index in [-0.39, 0.29) is 18.9 Å². The van der Waals surface area contributed by atoms with Gasteiger partial charge >= 0.3 is 0 Å². The number of ether oxygens (including phenoxy) is 6. The van der Waals surface area contributed by atoms with Gasteiger partial charge in [0.1, 0.15) is 73.2 Å². The summed E-state index contributed by atoms with van der Waals surface area (Å²) in [6, 6.07) is -0.993. The number of hydrogen-bond acceptors (Lipinski definition) is 18. The summed E-state index contributed by atoms with van der Waals surface area (Å²) < 4.78 is 34.5. The predicted molar refractivity (Wildman–Crippen MR) is 443 cm³/mol. The Labute approximate surface area is 668 Å². The summed E-state index contributed by atoms with van der Waals surface area (Å²) in [5.41, 5.74) is 0. The van der Waals surface area contributed by atoms with Crippen LogP contribution in [0.1, 0.15) is 380 Å². The first-order valence-corrected chi connectivity index (χ1v) is 45.5. The van der Waals surface area contributed by atoms with E-state index < -0.39 is 124 Å². The summed E-state index contributed by atoms with van der Waals surface area (Å²) in [6.07, 6.45) is 66.6. The number of carbonyl (C=O) groups excluding carboxylic acids is 1. The summed E-state index contributed by atoms with van der Waals surface area (Å²) in [5.74, 6) is -0.279. The lowest BCUT2D eigenvalue weighted by Crippen LogP contribution is -2.66. The zero-order valence-electron chi connectivity index (χ0n) is 69.5. The van der Waals surface area contributed by atoms with Crippen LogP contribution in [-0.4, -0.2) is 193 Å². The van der Waals surface area contributed by atoms with Crippen LogP contribution < -0.4 is 5.32 Å². The van der Waals surface area contributed by atoms with Gasteiger partial charge in [0.2, 0.25) is 5.91 Å². The number of carbonyl (C=O) groups is 1. The van der Waals surface area contributed by atoms with Gasteiger partial charge in [0.15, 0.2) is 18.9 Å². The summed E-state index contributed by atoms with van der Waals surface area (Å²) >= 11 is 0. The molecule has 0 aromatic heterocycles. The largest absolute Gasteiger partial charge is 0.394 e. The van der Waals surface area contributed by atoms with Gasteiger partial charge in [0.05, 0.1) is 38.6 Å². The highest BCUT2D eigenvalue weighted by Gasteiger charge is 2.54. The highest BCUT2D eigenvalue weighted by Crippen LogP contribution is 2.34. The molecule has 17 atom stereocenters. The van der Waals surface area contributed by atoms with Gasteiger partial charge in [0, 0.05) is 6.42 Å². The van der Waals surface area contributed by atoms with Crippen molar-refractivity contribution >= 4 is 5.91 Å². The van der Waals surface area contributed by atoms with Crippen LogP contribution in [0, 0.1) is 0 Å². The SMILES string of the molecule is CCCCCCC/C=C\C/C=C\C/C=C\CCCCCCCCCCCCCCCCCCCCCCC(=O)NC(COC1OC(CO)C(OC2OC(CO)C(OC3OC(CO)C(O)C(O)C3O)C(O)C2O)C(O)C1O)C(O)/C=C/CC/C=C/CCCCCCCCCCCCCCCCCCCCCCCCCC. The van der Waals surface area contributed by atoms with E-state index >= 15 is 0 Å².